The molecule has 38 heavy (non-hydrogen) atoms. The lowest BCUT2D eigenvalue weighted by Gasteiger charge is -2.37. The molecule has 0 radical (unpaired) electrons. The maximum atomic E-state index is 9.60. The fourth-order valence-corrected chi connectivity index (χ4v) is 4.26. The van der Waals surface area contributed by atoms with Crippen LogP contribution in [0.5, 0.6) is 0 Å². The Morgan fingerprint density at radius 3 is 1.95 bits per heavy atom. The second-order valence-electron chi connectivity index (χ2n) is 8.01. The first kappa shape index (κ1) is 7.48. The van der Waals surface area contributed by atoms with Crippen LogP contribution in [-0.2, 0) is 5.41 Å². The van der Waals surface area contributed by atoms with Gasteiger partial charge >= 0.3 is 0 Å². The third kappa shape index (κ3) is 3.47. The summed E-state index contributed by atoms with van der Waals surface area (Å²) in [4.78, 5) is 0.316. The van der Waals surface area contributed by atoms with Crippen LogP contribution >= 0.6 is 0 Å². The van der Waals surface area contributed by atoms with Gasteiger partial charge in [0.2, 0.25) is 0 Å². The van der Waals surface area contributed by atoms with Crippen molar-refractivity contribution >= 4 is 27.8 Å². The maximum Gasteiger partial charge on any atom is 0.0645 e. The summed E-state index contributed by atoms with van der Waals surface area (Å²) in [7, 11) is 0. The minimum Gasteiger partial charge on any atom is -0.310 e. The first-order valence-corrected chi connectivity index (χ1v) is 10.9. The van der Waals surface area contributed by atoms with Crippen LogP contribution in [0.2, 0.25) is 0 Å². The molecule has 1 aliphatic carbocycles. The molecule has 0 aliphatic heterocycles. The molecule has 0 fully saturated rings. The molecule has 7 rings (SSSR count). The number of hydrogen-bond donors (Lipinski definition) is 0. The number of benzene rings is 6. The van der Waals surface area contributed by atoms with Gasteiger partial charge in [0.15, 0.2) is 0 Å². The zero-order chi connectivity index (χ0) is 50.7. The second-order valence-corrected chi connectivity index (χ2v) is 8.01. The number of hydrogen-bond acceptors (Lipinski definition) is 1. The van der Waals surface area contributed by atoms with E-state index in [0.717, 1.165) is 0 Å². The number of nitrogens with zero attached hydrogens (tertiary/aromatic N) is 1. The monoisotopic (exact) mass is 516 g/mol. The molecule has 0 N–H and O–H groups in total. The van der Waals surface area contributed by atoms with Crippen LogP contribution in [-0.4, -0.2) is 0 Å². The highest BCUT2D eigenvalue weighted by molar-refractivity contribution is 6.10. The Morgan fingerprint density at radius 2 is 1.18 bits per heavy atom. The Balaban J connectivity index is 1.90. The molecule has 1 nitrogen and oxygen atoms in total. The summed E-state index contributed by atoms with van der Waals surface area (Å²) >= 11 is 0. The molecular formula is C37H29N. The molecule has 0 spiro atoms. The van der Waals surface area contributed by atoms with Crippen LogP contribution in [0, 0.1) is 0 Å². The third-order valence-electron chi connectivity index (χ3n) is 5.87. The van der Waals surface area contributed by atoms with E-state index in [1.807, 2.05) is 0 Å². The molecule has 0 unspecified atom stereocenters. The Labute approximate surface area is 265 Å². The molecule has 6 aromatic rings. The molecule has 1 aliphatic rings. The number of para-hydroxylation sites is 1. The average Bonchev–Trinajstić information content (AvgIpc) is 3.25. The Kier molecular flexibility index (Phi) is 1.72. The van der Waals surface area contributed by atoms with Gasteiger partial charge in [-0.1, -0.05) is 122 Å². The fraction of sp³-hybridized carbons (Fsp3) is 0.0811. The van der Waals surface area contributed by atoms with E-state index in [2.05, 4.69) is 0 Å². The molecule has 6 aromatic carbocycles. The zero-order valence-corrected chi connectivity index (χ0v) is 18.9. The van der Waals surface area contributed by atoms with Crippen LogP contribution in [0.3, 0.4) is 0 Å². The largest absolute Gasteiger partial charge is 0.310 e. The first-order chi connectivity index (χ1) is 30.7. The highest BCUT2D eigenvalue weighted by atomic mass is 15.1. The zero-order valence-electron chi connectivity index (χ0n) is 47.9. The normalized spacial score (nSPS) is 24.7. The summed E-state index contributed by atoms with van der Waals surface area (Å²) in [5.41, 5.74) is -13.6. The van der Waals surface area contributed by atoms with Crippen LogP contribution in [0.15, 0.2) is 139 Å². The van der Waals surface area contributed by atoms with Crippen LogP contribution in [0.1, 0.15) is 64.6 Å². The number of anilines is 3. The Bertz CT molecular complexity index is 3160. The van der Waals surface area contributed by atoms with Gasteiger partial charge in [0.05, 0.1) is 37.2 Å². The van der Waals surface area contributed by atoms with Crippen molar-refractivity contribution in [3.63, 3.8) is 0 Å². The lowest BCUT2D eigenvalue weighted by molar-refractivity contribution is 0.645. The molecule has 0 atom stereocenters. The molecule has 0 heterocycles. The van der Waals surface area contributed by atoms with E-state index in [1.165, 1.54) is 0 Å². The van der Waals surface area contributed by atoms with Gasteiger partial charge in [-0.3, -0.25) is 0 Å². The quantitative estimate of drug-likeness (QED) is 0.225. The van der Waals surface area contributed by atoms with Crippen molar-refractivity contribution in [1.82, 2.24) is 0 Å². The average molecular weight is 517 g/mol. The molecule has 182 valence electrons. The summed E-state index contributed by atoms with van der Waals surface area (Å²) < 4.78 is 257. The third-order valence-corrected chi connectivity index (χ3v) is 5.87. The maximum absolute atomic E-state index is 9.60. The molecule has 1 heteroatoms. The van der Waals surface area contributed by atoms with Gasteiger partial charge in [-0.15, -0.1) is 0 Å². The van der Waals surface area contributed by atoms with Crippen molar-refractivity contribution in [3.8, 4) is 22.3 Å². The highest BCUT2D eigenvalue weighted by Gasteiger charge is 2.35. The summed E-state index contributed by atoms with van der Waals surface area (Å²) in [6.07, 6.45) is 0. The van der Waals surface area contributed by atoms with Crippen molar-refractivity contribution in [3.05, 3.63) is 150 Å². The SMILES string of the molecule is [2H]c1c([2H])c([2H])c(-c2c([2H])c([2H])c(N(c3c([2H])c([2H])c([2H])c([2H])c3[2H])c3c([2H])c([2H])c4c([2H])c([2H])c([2H])c5c4c3-c3c([2H])c([2H])c([2H])c([2H])c3C5(C([2H])([2H])[2H])C([2H])([2H])[2H])c([2H])c2[2H])c([2H])c1[2H]. The predicted molar refractivity (Wildman–Crippen MR) is 162 cm³/mol. The number of fused-ring (bicyclic) bond motifs is 2. The van der Waals surface area contributed by atoms with Gasteiger partial charge in [-0.2, -0.15) is 0 Å². The fourth-order valence-electron chi connectivity index (χ4n) is 4.26. The molecule has 0 saturated carbocycles. The van der Waals surface area contributed by atoms with Crippen molar-refractivity contribution < 1.29 is 39.8 Å². The highest BCUT2D eigenvalue weighted by Crippen LogP contribution is 2.53. The number of rotatable bonds is 4. The standard InChI is InChI=1S/C37H29N/c1-37(2)32-18-10-9-17-31(32)36-34(25-22-28-14-11-19-33(37)35(28)36)38(29-15-7-4-8-16-29)30-23-20-27(21-24-30)26-12-5-3-6-13-26/h3-25H,1-2H3/i1D3,2D3,3D,4D,5D,6D,7D,8D,9D,10D,11D,12D,13D,14D,15D,16D,17D,18D,19D,20D,21D,22D,23D,24D,25D. The molecular weight excluding hydrogens is 458 g/mol. The Morgan fingerprint density at radius 1 is 0.553 bits per heavy atom. The van der Waals surface area contributed by atoms with Gasteiger partial charge in [-0.05, 0) is 68.8 Å². The smallest absolute Gasteiger partial charge is 0.0645 e. The van der Waals surface area contributed by atoms with E-state index in [9.17, 15) is 11.0 Å². The van der Waals surface area contributed by atoms with Gasteiger partial charge in [-0.25, -0.2) is 0 Å². The molecule has 0 bridgehead atoms. The van der Waals surface area contributed by atoms with Crippen LogP contribution in [0.4, 0.5) is 17.1 Å². The van der Waals surface area contributed by atoms with E-state index >= 15 is 0 Å². The Hall–Kier alpha value is -4.62. The van der Waals surface area contributed by atoms with E-state index in [1.54, 1.807) is 0 Å². The van der Waals surface area contributed by atoms with Gasteiger partial charge in [0, 0.05) is 30.6 Å². The van der Waals surface area contributed by atoms with Gasteiger partial charge in [0.25, 0.3) is 0 Å². The molecule has 0 saturated heterocycles. The van der Waals surface area contributed by atoms with Crippen molar-refractivity contribution in [2.24, 2.45) is 0 Å². The summed E-state index contributed by atoms with van der Waals surface area (Å²) in [6.45, 7) is -7.95. The molecule has 0 aromatic heterocycles. The lowest BCUT2D eigenvalue weighted by Crippen LogP contribution is -2.24. The van der Waals surface area contributed by atoms with Crippen molar-refractivity contribution in [1.29, 1.82) is 0 Å². The minimum atomic E-state index is -3.97. The lowest BCUT2D eigenvalue weighted by atomic mass is 9.68. The summed E-state index contributed by atoms with van der Waals surface area (Å²) in [5.74, 6) is 0. The topological polar surface area (TPSA) is 3.24 Å². The van der Waals surface area contributed by atoms with Gasteiger partial charge < -0.3 is 4.90 Å². The second kappa shape index (κ2) is 8.75. The van der Waals surface area contributed by atoms with Crippen molar-refractivity contribution in [2.45, 2.75) is 19.1 Å². The summed E-state index contributed by atoms with van der Waals surface area (Å²) in [6, 6.07) is -26.5. The van der Waals surface area contributed by atoms with E-state index < -0.39 is 219 Å². The summed E-state index contributed by atoms with van der Waals surface area (Å²) in [5, 5.41) is -1.90. The van der Waals surface area contributed by atoms with Crippen molar-refractivity contribution in [2.75, 3.05) is 4.90 Å². The van der Waals surface area contributed by atoms with E-state index in [4.69, 9.17) is 28.8 Å². The van der Waals surface area contributed by atoms with Crippen LogP contribution < -0.4 is 4.90 Å². The first-order valence-electron chi connectivity index (χ1n) is 25.4. The predicted octanol–water partition coefficient (Wildman–Crippen LogP) is 10.3. The van der Waals surface area contributed by atoms with E-state index in [0.29, 0.717) is 4.90 Å². The van der Waals surface area contributed by atoms with E-state index in [-0.39, 0.29) is 0 Å². The van der Waals surface area contributed by atoms with Gasteiger partial charge in [0.1, 0.15) is 0 Å². The minimum absolute atomic E-state index is 0.316. The van der Waals surface area contributed by atoms with Crippen LogP contribution in [0.25, 0.3) is 33.0 Å². The molecule has 0 amide bonds.